The zero-order chi connectivity index (χ0) is 9.03. The maximum atomic E-state index is 10.7. The number of carbonyl (C=O) groups is 1. The van der Waals surface area contributed by atoms with Crippen LogP contribution in [0.5, 0.6) is 0 Å². The van der Waals surface area contributed by atoms with Crippen molar-refractivity contribution < 1.29 is 4.79 Å². The zero-order valence-corrected chi connectivity index (χ0v) is 9.34. The summed E-state index contributed by atoms with van der Waals surface area (Å²) in [7, 11) is 0. The van der Waals surface area contributed by atoms with Crippen LogP contribution in [-0.4, -0.2) is 21.9 Å². The van der Waals surface area contributed by atoms with Gasteiger partial charge in [0, 0.05) is 5.92 Å². The van der Waals surface area contributed by atoms with Crippen molar-refractivity contribution in [3.8, 4) is 0 Å². The maximum absolute atomic E-state index is 10.7. The molecule has 1 atom stereocenters. The quantitative estimate of drug-likeness (QED) is 0.658. The fraction of sp³-hybridized carbons (Fsp3) is 0.889. The van der Waals surface area contributed by atoms with Crippen LogP contribution in [0.3, 0.4) is 0 Å². The summed E-state index contributed by atoms with van der Waals surface area (Å²) in [5.74, 6) is 2.63. The molecule has 0 bridgehead atoms. The first kappa shape index (κ1) is 10.5. The van der Waals surface area contributed by atoms with E-state index < -0.39 is 0 Å². The molecule has 1 rings (SSSR count). The van der Waals surface area contributed by atoms with Crippen LogP contribution in [0.2, 0.25) is 0 Å². The van der Waals surface area contributed by atoms with E-state index in [9.17, 15) is 4.79 Å². The molecule has 0 N–H and O–H groups in total. The van der Waals surface area contributed by atoms with Crippen molar-refractivity contribution in [2.45, 2.75) is 30.8 Å². The number of hydrogen-bond donors (Lipinski definition) is 0. The zero-order valence-electron chi connectivity index (χ0n) is 7.71. The van der Waals surface area contributed by atoms with Gasteiger partial charge in [-0.25, -0.2) is 0 Å². The van der Waals surface area contributed by atoms with Crippen molar-refractivity contribution in [3.05, 3.63) is 0 Å². The van der Waals surface area contributed by atoms with E-state index >= 15 is 0 Å². The molecule has 0 aromatic rings. The van der Waals surface area contributed by atoms with Crippen LogP contribution in [0.15, 0.2) is 0 Å². The molecule has 3 heteroatoms. The Kier molecular flexibility index (Phi) is 3.97. The summed E-state index contributed by atoms with van der Waals surface area (Å²) in [6, 6.07) is 0. The van der Waals surface area contributed by atoms with Gasteiger partial charge in [-0.2, -0.15) is 0 Å². The van der Waals surface area contributed by atoms with Crippen LogP contribution in [0.4, 0.5) is 0 Å². The van der Waals surface area contributed by atoms with Gasteiger partial charge in [-0.05, 0) is 24.3 Å². The second kappa shape index (κ2) is 4.56. The van der Waals surface area contributed by atoms with Crippen molar-refractivity contribution in [2.24, 2.45) is 5.92 Å². The third-order valence-electron chi connectivity index (χ3n) is 2.37. The van der Waals surface area contributed by atoms with E-state index in [0.717, 1.165) is 12.7 Å². The highest BCUT2D eigenvalue weighted by Gasteiger charge is 2.37. The average molecular weight is 204 g/mol. The topological polar surface area (TPSA) is 17.1 Å². The first-order valence-electron chi connectivity index (χ1n) is 4.48. The molecular weight excluding hydrogens is 188 g/mol. The standard InChI is InChI=1S/C9H16OS2/c1-3-9(8(2)7-10)11-5-4-6-12-9/h7-8H,3-6H2,1-2H3. The predicted octanol–water partition coefficient (Wildman–Crippen LogP) is 2.80. The Labute approximate surface area is 83.1 Å². The van der Waals surface area contributed by atoms with Crippen LogP contribution < -0.4 is 0 Å². The minimum Gasteiger partial charge on any atom is -0.303 e. The molecule has 0 amide bonds. The molecule has 1 nitrogen and oxygen atoms in total. The Hall–Kier alpha value is 0.370. The summed E-state index contributed by atoms with van der Waals surface area (Å²) in [6.07, 6.45) is 3.50. The van der Waals surface area contributed by atoms with Gasteiger partial charge in [-0.3, -0.25) is 0 Å². The van der Waals surface area contributed by atoms with Gasteiger partial charge >= 0.3 is 0 Å². The van der Waals surface area contributed by atoms with Crippen LogP contribution in [0, 0.1) is 5.92 Å². The first-order valence-corrected chi connectivity index (χ1v) is 6.45. The van der Waals surface area contributed by atoms with E-state index in [2.05, 4.69) is 6.92 Å². The Bertz CT molecular complexity index is 153. The Balaban J connectivity index is 2.65. The largest absolute Gasteiger partial charge is 0.303 e. The lowest BCUT2D eigenvalue weighted by atomic mass is 10.1. The molecule has 0 aliphatic carbocycles. The normalized spacial score (nSPS) is 24.8. The predicted molar refractivity (Wildman–Crippen MR) is 57.8 cm³/mol. The van der Waals surface area contributed by atoms with Crippen molar-refractivity contribution in [1.29, 1.82) is 0 Å². The minimum absolute atomic E-state index is 0.192. The number of rotatable bonds is 3. The monoisotopic (exact) mass is 204 g/mol. The van der Waals surface area contributed by atoms with E-state index in [1.165, 1.54) is 17.9 Å². The molecule has 0 saturated carbocycles. The van der Waals surface area contributed by atoms with Crippen LogP contribution in [-0.2, 0) is 4.79 Å². The van der Waals surface area contributed by atoms with Crippen LogP contribution in [0.25, 0.3) is 0 Å². The number of aldehydes is 1. The highest BCUT2D eigenvalue weighted by molar-refractivity contribution is 8.18. The lowest BCUT2D eigenvalue weighted by Gasteiger charge is -2.37. The summed E-state index contributed by atoms with van der Waals surface area (Å²) in [5, 5.41) is 0. The highest BCUT2D eigenvalue weighted by Crippen LogP contribution is 2.49. The molecule has 0 radical (unpaired) electrons. The average Bonchev–Trinajstić information content (AvgIpc) is 2.17. The van der Waals surface area contributed by atoms with Crippen molar-refractivity contribution >= 4 is 29.8 Å². The summed E-state index contributed by atoms with van der Waals surface area (Å²) in [4.78, 5) is 10.7. The van der Waals surface area contributed by atoms with Gasteiger partial charge in [-0.1, -0.05) is 13.8 Å². The lowest BCUT2D eigenvalue weighted by molar-refractivity contribution is -0.110. The third kappa shape index (κ3) is 1.99. The molecule has 1 saturated heterocycles. The molecule has 1 heterocycles. The molecule has 1 unspecified atom stereocenters. The summed E-state index contributed by atoms with van der Waals surface area (Å²) in [6.45, 7) is 4.23. The second-order valence-corrected chi connectivity index (χ2v) is 6.25. The van der Waals surface area contributed by atoms with E-state index in [1.807, 2.05) is 30.4 Å². The molecule has 1 fully saturated rings. The molecule has 1 aliphatic rings. The highest BCUT2D eigenvalue weighted by atomic mass is 32.2. The first-order chi connectivity index (χ1) is 5.75. The van der Waals surface area contributed by atoms with E-state index in [-0.39, 0.29) is 10.00 Å². The van der Waals surface area contributed by atoms with Gasteiger partial charge in [0.15, 0.2) is 0 Å². The molecule has 0 aromatic carbocycles. The smallest absolute Gasteiger partial charge is 0.125 e. The fourth-order valence-corrected chi connectivity index (χ4v) is 4.81. The lowest BCUT2D eigenvalue weighted by Crippen LogP contribution is -2.32. The summed E-state index contributed by atoms with van der Waals surface area (Å²) < 4.78 is 0.194. The Morgan fingerprint density at radius 1 is 1.50 bits per heavy atom. The number of carbonyl (C=O) groups excluding carboxylic acids is 1. The van der Waals surface area contributed by atoms with Gasteiger partial charge < -0.3 is 4.79 Å². The molecule has 12 heavy (non-hydrogen) atoms. The van der Waals surface area contributed by atoms with E-state index in [1.54, 1.807) is 0 Å². The van der Waals surface area contributed by atoms with Crippen molar-refractivity contribution in [3.63, 3.8) is 0 Å². The van der Waals surface area contributed by atoms with Gasteiger partial charge in [0.25, 0.3) is 0 Å². The Morgan fingerprint density at radius 2 is 2.08 bits per heavy atom. The fourth-order valence-electron chi connectivity index (χ4n) is 1.48. The van der Waals surface area contributed by atoms with Gasteiger partial charge in [0.1, 0.15) is 6.29 Å². The van der Waals surface area contributed by atoms with Crippen molar-refractivity contribution in [1.82, 2.24) is 0 Å². The van der Waals surface area contributed by atoms with Crippen LogP contribution in [0.1, 0.15) is 26.7 Å². The maximum Gasteiger partial charge on any atom is 0.125 e. The SMILES string of the molecule is CCC1(C(C)C=O)SCCCS1. The minimum atomic E-state index is 0.192. The number of thioether (sulfide) groups is 2. The van der Waals surface area contributed by atoms with Crippen LogP contribution >= 0.6 is 23.5 Å². The van der Waals surface area contributed by atoms with Gasteiger partial charge in [0.05, 0.1) is 4.08 Å². The van der Waals surface area contributed by atoms with Gasteiger partial charge in [0.2, 0.25) is 0 Å². The van der Waals surface area contributed by atoms with E-state index in [0.29, 0.717) is 0 Å². The van der Waals surface area contributed by atoms with Gasteiger partial charge in [-0.15, -0.1) is 23.5 Å². The molecule has 70 valence electrons. The third-order valence-corrected chi connectivity index (χ3v) is 6.36. The molecule has 0 spiro atoms. The summed E-state index contributed by atoms with van der Waals surface area (Å²) in [5.41, 5.74) is 0. The molecule has 0 aromatic heterocycles. The Morgan fingerprint density at radius 3 is 2.50 bits per heavy atom. The summed E-state index contributed by atoms with van der Waals surface area (Å²) >= 11 is 3.95. The second-order valence-electron chi connectivity index (χ2n) is 3.14. The van der Waals surface area contributed by atoms with E-state index in [4.69, 9.17) is 0 Å². The number of hydrogen-bond acceptors (Lipinski definition) is 3. The van der Waals surface area contributed by atoms with Crippen molar-refractivity contribution in [2.75, 3.05) is 11.5 Å². The molecule has 1 aliphatic heterocycles. The molecular formula is C9H16OS2.